The van der Waals surface area contributed by atoms with Crippen molar-refractivity contribution in [3.63, 3.8) is 0 Å². The van der Waals surface area contributed by atoms with Crippen LogP contribution in [0.1, 0.15) is 20.8 Å². The fourth-order valence-electron chi connectivity index (χ4n) is 1.12. The molecule has 124 valence electrons. The topological polar surface area (TPSA) is 88.1 Å². The predicted molar refractivity (Wildman–Crippen MR) is 77.9 cm³/mol. The first-order chi connectivity index (χ1) is 10.3. The Morgan fingerprint density at radius 3 is 1.73 bits per heavy atom. The summed E-state index contributed by atoms with van der Waals surface area (Å²) in [5.74, 6) is -1.77. The summed E-state index contributed by atoms with van der Waals surface area (Å²) in [6.45, 7) is 11.1. The lowest BCUT2D eigenvalue weighted by Gasteiger charge is -2.17. The molecular weight excluding hydrogens is 292 g/mol. The molecule has 0 saturated carbocycles. The van der Waals surface area contributed by atoms with Crippen LogP contribution in [-0.4, -0.2) is 50.4 Å². The molecule has 7 heteroatoms. The molecule has 0 amide bonds. The Labute approximate surface area is 129 Å². The minimum atomic E-state index is -0.795. The van der Waals surface area contributed by atoms with Gasteiger partial charge in [-0.2, -0.15) is 0 Å². The van der Waals surface area contributed by atoms with Crippen LogP contribution in [0.3, 0.4) is 0 Å². The van der Waals surface area contributed by atoms with Gasteiger partial charge in [0.05, 0.1) is 6.61 Å². The lowest BCUT2D eigenvalue weighted by Crippen LogP contribution is -2.31. The molecule has 0 fully saturated rings. The maximum Gasteiger partial charge on any atom is 0.333 e. The van der Waals surface area contributed by atoms with Gasteiger partial charge in [-0.05, 0) is 20.8 Å². The fourth-order valence-corrected chi connectivity index (χ4v) is 1.12. The van der Waals surface area contributed by atoms with Crippen molar-refractivity contribution in [1.82, 2.24) is 0 Å². The Kier molecular flexibility index (Phi) is 9.53. The van der Waals surface area contributed by atoms with Crippen molar-refractivity contribution in [3.8, 4) is 0 Å². The number of hydrogen-bond donors (Lipinski definition) is 0. The van der Waals surface area contributed by atoms with Crippen LogP contribution in [0.15, 0.2) is 24.3 Å². The highest BCUT2D eigenvalue weighted by Gasteiger charge is 2.18. The minimum absolute atomic E-state index is 0.186. The van der Waals surface area contributed by atoms with Gasteiger partial charge in [-0.25, -0.2) is 14.4 Å². The molecule has 0 aromatic heterocycles. The van der Waals surface area contributed by atoms with E-state index in [0.717, 1.165) is 0 Å². The standard InChI is InChI=1S/C15H22O7/c1-6-19-13(16)9-20-12(7-21-14(17)10(2)3)8-22-15(18)11(4)5/h12H,2,4,6-9H2,1,3,5H3. The minimum Gasteiger partial charge on any atom is -0.464 e. The molecule has 7 nitrogen and oxygen atoms in total. The van der Waals surface area contributed by atoms with Crippen molar-refractivity contribution in [2.24, 2.45) is 0 Å². The Hall–Kier alpha value is -2.15. The van der Waals surface area contributed by atoms with E-state index in [9.17, 15) is 14.4 Å². The van der Waals surface area contributed by atoms with Crippen LogP contribution in [0.4, 0.5) is 0 Å². The average molecular weight is 314 g/mol. The highest BCUT2D eigenvalue weighted by Crippen LogP contribution is 2.02. The van der Waals surface area contributed by atoms with E-state index in [1.807, 2.05) is 0 Å². The summed E-state index contributed by atoms with van der Waals surface area (Å²) in [4.78, 5) is 33.9. The van der Waals surface area contributed by atoms with Gasteiger partial charge in [0, 0.05) is 11.1 Å². The molecule has 0 aromatic rings. The molecule has 22 heavy (non-hydrogen) atoms. The van der Waals surface area contributed by atoms with Crippen LogP contribution in [0, 0.1) is 0 Å². The third-order valence-corrected chi connectivity index (χ3v) is 2.24. The zero-order valence-corrected chi connectivity index (χ0v) is 13.2. The number of carbonyl (C=O) groups excluding carboxylic acids is 3. The average Bonchev–Trinajstić information content (AvgIpc) is 2.45. The van der Waals surface area contributed by atoms with E-state index in [1.54, 1.807) is 6.92 Å². The highest BCUT2D eigenvalue weighted by molar-refractivity contribution is 5.87. The maximum absolute atomic E-state index is 11.3. The van der Waals surface area contributed by atoms with Crippen molar-refractivity contribution in [3.05, 3.63) is 24.3 Å². The van der Waals surface area contributed by atoms with E-state index in [2.05, 4.69) is 13.2 Å². The quantitative estimate of drug-likeness (QED) is 0.340. The molecule has 0 aliphatic rings. The van der Waals surface area contributed by atoms with E-state index in [0.29, 0.717) is 0 Å². The second kappa shape index (κ2) is 10.6. The Balaban J connectivity index is 4.44. The predicted octanol–water partition coefficient (Wildman–Crippen LogP) is 1.17. The van der Waals surface area contributed by atoms with E-state index in [4.69, 9.17) is 18.9 Å². The van der Waals surface area contributed by atoms with E-state index >= 15 is 0 Å². The van der Waals surface area contributed by atoms with Gasteiger partial charge in [-0.1, -0.05) is 13.2 Å². The second-order valence-corrected chi connectivity index (χ2v) is 4.50. The van der Waals surface area contributed by atoms with Crippen LogP contribution in [-0.2, 0) is 33.3 Å². The number of carbonyl (C=O) groups is 3. The van der Waals surface area contributed by atoms with Gasteiger partial charge in [-0.3, -0.25) is 0 Å². The summed E-state index contributed by atoms with van der Waals surface area (Å²) in [7, 11) is 0. The molecule has 0 aromatic carbocycles. The molecule has 0 spiro atoms. The van der Waals surface area contributed by atoms with Crippen LogP contribution in [0.2, 0.25) is 0 Å². The first kappa shape index (κ1) is 19.9. The normalized spacial score (nSPS) is 10.0. The monoisotopic (exact) mass is 314 g/mol. The lowest BCUT2D eigenvalue weighted by molar-refractivity contribution is -0.158. The van der Waals surface area contributed by atoms with E-state index in [1.165, 1.54) is 13.8 Å². The molecule has 0 aliphatic carbocycles. The number of hydrogen-bond acceptors (Lipinski definition) is 7. The molecule has 0 saturated heterocycles. The van der Waals surface area contributed by atoms with Crippen molar-refractivity contribution < 1.29 is 33.3 Å². The summed E-state index contributed by atoms with van der Waals surface area (Å²) in [6, 6.07) is 0. The van der Waals surface area contributed by atoms with Gasteiger partial charge in [0.1, 0.15) is 25.9 Å². The van der Waals surface area contributed by atoms with Crippen molar-refractivity contribution in [1.29, 1.82) is 0 Å². The summed E-state index contributed by atoms with van der Waals surface area (Å²) < 4.78 is 19.8. The third-order valence-electron chi connectivity index (χ3n) is 2.24. The van der Waals surface area contributed by atoms with Gasteiger partial charge in [-0.15, -0.1) is 0 Å². The van der Waals surface area contributed by atoms with Crippen molar-refractivity contribution >= 4 is 17.9 Å². The smallest absolute Gasteiger partial charge is 0.333 e. The molecular formula is C15H22O7. The fraction of sp³-hybridized carbons (Fsp3) is 0.533. The Morgan fingerprint density at radius 1 is 0.909 bits per heavy atom. The highest BCUT2D eigenvalue weighted by atomic mass is 16.6. The Morgan fingerprint density at radius 2 is 1.36 bits per heavy atom. The SMILES string of the molecule is C=C(C)C(=O)OCC(COC(=O)C(=C)C)OCC(=O)OCC. The van der Waals surface area contributed by atoms with Crippen LogP contribution >= 0.6 is 0 Å². The van der Waals surface area contributed by atoms with Gasteiger partial charge < -0.3 is 18.9 Å². The zero-order chi connectivity index (χ0) is 17.1. The first-order valence-electron chi connectivity index (χ1n) is 6.70. The van der Waals surface area contributed by atoms with Crippen LogP contribution in [0.5, 0.6) is 0 Å². The van der Waals surface area contributed by atoms with E-state index in [-0.39, 0.29) is 37.6 Å². The first-order valence-corrected chi connectivity index (χ1v) is 6.70. The second-order valence-electron chi connectivity index (χ2n) is 4.50. The summed E-state index contributed by atoms with van der Waals surface area (Å²) in [5.41, 5.74) is 0.450. The van der Waals surface area contributed by atoms with Gasteiger partial charge >= 0.3 is 17.9 Å². The van der Waals surface area contributed by atoms with Crippen LogP contribution < -0.4 is 0 Å². The van der Waals surface area contributed by atoms with Crippen LogP contribution in [0.25, 0.3) is 0 Å². The van der Waals surface area contributed by atoms with Gasteiger partial charge in [0.25, 0.3) is 0 Å². The summed E-state index contributed by atoms with van der Waals surface area (Å²) >= 11 is 0. The zero-order valence-electron chi connectivity index (χ0n) is 13.2. The van der Waals surface area contributed by atoms with Gasteiger partial charge in [0.15, 0.2) is 0 Å². The molecule has 0 N–H and O–H groups in total. The van der Waals surface area contributed by atoms with Crippen molar-refractivity contribution in [2.45, 2.75) is 26.9 Å². The molecule has 0 unspecified atom stereocenters. The molecule has 0 rings (SSSR count). The largest absolute Gasteiger partial charge is 0.464 e. The lowest BCUT2D eigenvalue weighted by atomic mass is 10.3. The molecule has 0 bridgehead atoms. The molecule has 0 heterocycles. The number of esters is 3. The maximum atomic E-state index is 11.3. The van der Waals surface area contributed by atoms with Gasteiger partial charge in [0.2, 0.25) is 0 Å². The number of rotatable bonds is 10. The third kappa shape index (κ3) is 8.91. The summed E-state index contributed by atoms with van der Waals surface area (Å²) in [5, 5.41) is 0. The molecule has 0 radical (unpaired) electrons. The van der Waals surface area contributed by atoms with Crippen molar-refractivity contribution in [2.75, 3.05) is 26.4 Å². The summed E-state index contributed by atoms with van der Waals surface area (Å²) in [6.07, 6.45) is -0.795. The molecule has 0 aliphatic heterocycles. The Bertz CT molecular complexity index is 409. The molecule has 0 atom stereocenters. The van der Waals surface area contributed by atoms with E-state index < -0.39 is 24.0 Å². The number of ether oxygens (including phenoxy) is 4.